The van der Waals surface area contributed by atoms with Crippen LogP contribution in [0.3, 0.4) is 0 Å². The Balaban J connectivity index is 1.85. The van der Waals surface area contributed by atoms with Crippen molar-refractivity contribution in [1.29, 1.82) is 0 Å². The predicted octanol–water partition coefficient (Wildman–Crippen LogP) is 2.62. The molecule has 0 fully saturated rings. The van der Waals surface area contributed by atoms with Gasteiger partial charge in [0, 0.05) is 18.7 Å². The highest BCUT2D eigenvalue weighted by Gasteiger charge is 2.22. The summed E-state index contributed by atoms with van der Waals surface area (Å²) in [5.74, 6) is -0.183. The van der Waals surface area contributed by atoms with Crippen LogP contribution in [0, 0.1) is 5.82 Å². The SMILES string of the molecule is CC(C)(C)OC(=O)NCN1Cc2cccc(F)c2C1. The van der Waals surface area contributed by atoms with Gasteiger partial charge in [-0.15, -0.1) is 0 Å². The molecule has 0 bridgehead atoms. The summed E-state index contributed by atoms with van der Waals surface area (Å²) in [5.41, 5.74) is 1.18. The van der Waals surface area contributed by atoms with E-state index in [-0.39, 0.29) is 5.82 Å². The van der Waals surface area contributed by atoms with Gasteiger partial charge < -0.3 is 10.1 Å². The third kappa shape index (κ3) is 3.67. The number of alkyl carbamates (subject to hydrolysis) is 1. The number of carbonyl (C=O) groups is 1. The van der Waals surface area contributed by atoms with E-state index >= 15 is 0 Å². The Morgan fingerprint density at radius 3 is 2.79 bits per heavy atom. The summed E-state index contributed by atoms with van der Waals surface area (Å²) in [7, 11) is 0. The number of fused-ring (bicyclic) bond motifs is 1. The lowest BCUT2D eigenvalue weighted by atomic mass is 10.1. The van der Waals surface area contributed by atoms with Gasteiger partial charge in [-0.1, -0.05) is 12.1 Å². The maximum atomic E-state index is 13.5. The molecule has 0 aromatic heterocycles. The molecule has 1 aromatic carbocycles. The number of rotatable bonds is 2. The second kappa shape index (κ2) is 5.17. The third-order valence-electron chi connectivity index (χ3n) is 2.84. The van der Waals surface area contributed by atoms with E-state index in [9.17, 15) is 9.18 Å². The van der Waals surface area contributed by atoms with Crippen molar-refractivity contribution >= 4 is 6.09 Å². The Bertz CT molecular complexity index is 483. The van der Waals surface area contributed by atoms with Crippen LogP contribution >= 0.6 is 0 Å². The van der Waals surface area contributed by atoms with Gasteiger partial charge >= 0.3 is 6.09 Å². The average Bonchev–Trinajstić information content (AvgIpc) is 2.68. The van der Waals surface area contributed by atoms with Gasteiger partial charge in [0.15, 0.2) is 0 Å². The summed E-state index contributed by atoms with van der Waals surface area (Å²) in [6.07, 6.45) is -0.455. The molecule has 1 aliphatic heterocycles. The van der Waals surface area contributed by atoms with Crippen molar-refractivity contribution in [2.45, 2.75) is 39.5 Å². The van der Waals surface area contributed by atoms with Crippen LogP contribution in [0.5, 0.6) is 0 Å². The molecule has 1 aromatic rings. The smallest absolute Gasteiger partial charge is 0.408 e. The van der Waals surface area contributed by atoms with E-state index in [1.54, 1.807) is 6.07 Å². The second-order valence-electron chi connectivity index (χ2n) is 5.70. The maximum Gasteiger partial charge on any atom is 0.408 e. The van der Waals surface area contributed by atoms with E-state index in [4.69, 9.17) is 4.74 Å². The largest absolute Gasteiger partial charge is 0.444 e. The monoisotopic (exact) mass is 266 g/mol. The van der Waals surface area contributed by atoms with Crippen molar-refractivity contribution in [2.75, 3.05) is 6.67 Å². The first kappa shape index (κ1) is 13.8. The first-order valence-corrected chi connectivity index (χ1v) is 6.30. The van der Waals surface area contributed by atoms with Crippen LogP contribution in [0.2, 0.25) is 0 Å². The van der Waals surface area contributed by atoms with E-state index < -0.39 is 11.7 Å². The summed E-state index contributed by atoms with van der Waals surface area (Å²) < 4.78 is 18.7. The first-order valence-electron chi connectivity index (χ1n) is 6.30. The minimum atomic E-state index is -0.510. The first-order chi connectivity index (χ1) is 8.85. The molecular weight excluding hydrogens is 247 g/mol. The van der Waals surface area contributed by atoms with E-state index in [0.717, 1.165) is 5.56 Å². The molecule has 4 nitrogen and oxygen atoms in total. The number of amides is 1. The quantitative estimate of drug-likeness (QED) is 0.894. The van der Waals surface area contributed by atoms with Crippen molar-refractivity contribution in [3.8, 4) is 0 Å². The van der Waals surface area contributed by atoms with Gasteiger partial charge in [0.2, 0.25) is 0 Å². The van der Waals surface area contributed by atoms with E-state index in [1.165, 1.54) is 6.07 Å². The molecule has 1 aliphatic rings. The normalized spacial score (nSPS) is 15.2. The van der Waals surface area contributed by atoms with Gasteiger partial charge in [-0.3, -0.25) is 4.90 Å². The fourth-order valence-electron chi connectivity index (χ4n) is 2.05. The Kier molecular flexibility index (Phi) is 3.75. The van der Waals surface area contributed by atoms with Gasteiger partial charge in [-0.05, 0) is 32.4 Å². The summed E-state index contributed by atoms with van der Waals surface area (Å²) in [4.78, 5) is 13.5. The van der Waals surface area contributed by atoms with Gasteiger partial charge in [0.1, 0.15) is 11.4 Å². The molecule has 0 aliphatic carbocycles. The fourth-order valence-corrected chi connectivity index (χ4v) is 2.05. The molecule has 19 heavy (non-hydrogen) atoms. The zero-order valence-electron chi connectivity index (χ0n) is 11.5. The molecule has 0 radical (unpaired) electrons. The lowest BCUT2D eigenvalue weighted by molar-refractivity contribution is 0.0489. The van der Waals surface area contributed by atoms with Crippen molar-refractivity contribution in [3.63, 3.8) is 0 Å². The summed E-state index contributed by atoms with van der Waals surface area (Å²) in [5, 5.41) is 2.68. The van der Waals surface area contributed by atoms with Crippen LogP contribution in [-0.4, -0.2) is 23.3 Å². The van der Waals surface area contributed by atoms with Crippen molar-refractivity contribution in [1.82, 2.24) is 10.2 Å². The van der Waals surface area contributed by atoms with Crippen molar-refractivity contribution in [3.05, 3.63) is 35.1 Å². The number of benzene rings is 1. The predicted molar refractivity (Wildman–Crippen MR) is 69.9 cm³/mol. The summed E-state index contributed by atoms with van der Waals surface area (Å²) in [6.45, 7) is 6.94. The molecule has 1 amide bonds. The molecule has 0 saturated carbocycles. The number of hydrogen-bond acceptors (Lipinski definition) is 3. The molecule has 0 atom stereocenters. The van der Waals surface area contributed by atoms with Gasteiger partial charge in [-0.2, -0.15) is 0 Å². The number of ether oxygens (including phenoxy) is 1. The lowest BCUT2D eigenvalue weighted by Gasteiger charge is -2.21. The van der Waals surface area contributed by atoms with E-state index in [2.05, 4.69) is 5.32 Å². The van der Waals surface area contributed by atoms with E-state index in [0.29, 0.717) is 25.3 Å². The standard InChI is InChI=1S/C14H19FN2O2/c1-14(2,3)19-13(18)16-9-17-7-10-5-4-6-12(15)11(10)8-17/h4-6H,7-9H2,1-3H3,(H,16,18). The fraction of sp³-hybridized carbons (Fsp3) is 0.500. The number of halogens is 1. The van der Waals surface area contributed by atoms with Crippen LogP contribution in [0.25, 0.3) is 0 Å². The highest BCUT2D eigenvalue weighted by molar-refractivity contribution is 5.67. The van der Waals surface area contributed by atoms with Crippen molar-refractivity contribution < 1.29 is 13.9 Å². The van der Waals surface area contributed by atoms with Gasteiger partial charge in [0.25, 0.3) is 0 Å². The van der Waals surface area contributed by atoms with Crippen LogP contribution in [0.15, 0.2) is 18.2 Å². The minimum Gasteiger partial charge on any atom is -0.444 e. The Morgan fingerprint density at radius 2 is 2.16 bits per heavy atom. The zero-order chi connectivity index (χ0) is 14.0. The van der Waals surface area contributed by atoms with Gasteiger partial charge in [0.05, 0.1) is 6.67 Å². The minimum absolute atomic E-state index is 0.183. The molecule has 0 saturated heterocycles. The number of nitrogens with zero attached hydrogens (tertiary/aromatic N) is 1. The topological polar surface area (TPSA) is 41.6 Å². The molecule has 2 rings (SSSR count). The zero-order valence-corrected chi connectivity index (χ0v) is 11.5. The molecule has 1 N–H and O–H groups in total. The molecule has 5 heteroatoms. The van der Waals surface area contributed by atoms with E-state index in [1.807, 2.05) is 31.7 Å². The Hall–Kier alpha value is -1.62. The molecule has 1 heterocycles. The molecule has 0 unspecified atom stereocenters. The Morgan fingerprint density at radius 1 is 1.42 bits per heavy atom. The lowest BCUT2D eigenvalue weighted by Crippen LogP contribution is -2.38. The molecule has 104 valence electrons. The number of hydrogen-bond donors (Lipinski definition) is 1. The second-order valence-corrected chi connectivity index (χ2v) is 5.70. The highest BCUT2D eigenvalue weighted by atomic mass is 19.1. The van der Waals surface area contributed by atoms with Crippen LogP contribution in [-0.2, 0) is 17.8 Å². The van der Waals surface area contributed by atoms with Crippen LogP contribution in [0.1, 0.15) is 31.9 Å². The maximum absolute atomic E-state index is 13.5. The van der Waals surface area contributed by atoms with Crippen molar-refractivity contribution in [2.24, 2.45) is 0 Å². The Labute approximate surface area is 112 Å². The summed E-state index contributed by atoms with van der Waals surface area (Å²) >= 11 is 0. The number of carbonyl (C=O) groups excluding carboxylic acids is 1. The third-order valence-corrected chi connectivity index (χ3v) is 2.84. The van der Waals surface area contributed by atoms with Gasteiger partial charge in [-0.25, -0.2) is 9.18 Å². The number of nitrogens with one attached hydrogen (secondary N) is 1. The average molecular weight is 266 g/mol. The molecular formula is C14H19FN2O2. The van der Waals surface area contributed by atoms with Crippen LogP contribution in [0.4, 0.5) is 9.18 Å². The molecule has 0 spiro atoms. The van der Waals surface area contributed by atoms with Crippen LogP contribution < -0.4 is 5.32 Å². The summed E-state index contributed by atoms with van der Waals surface area (Å²) in [6, 6.07) is 5.08. The highest BCUT2D eigenvalue weighted by Crippen LogP contribution is 2.24.